The highest BCUT2D eigenvalue weighted by Crippen LogP contribution is 2.15. The Morgan fingerprint density at radius 3 is 1.40 bits per heavy atom. The number of ether oxygens (including phenoxy) is 2. The summed E-state index contributed by atoms with van der Waals surface area (Å²) >= 11 is 1.46. The second kappa shape index (κ2) is 38.4. The van der Waals surface area contributed by atoms with Crippen molar-refractivity contribution >= 4 is 28.9 Å². The molecule has 0 aliphatic carbocycles. The van der Waals surface area contributed by atoms with Gasteiger partial charge in [-0.3, -0.25) is 14.4 Å². The van der Waals surface area contributed by atoms with Crippen molar-refractivity contribution in [2.45, 2.75) is 175 Å². The number of amides is 1. The van der Waals surface area contributed by atoms with E-state index in [-0.39, 0.29) is 17.2 Å². The third kappa shape index (κ3) is 33.3. The van der Waals surface area contributed by atoms with E-state index < -0.39 is 0 Å². The SMILES string of the molecule is CCCCCCC=CCCC(=O)OCCCCCCN(CCCCCCOC(=O)CCC=CCCCCCC)C(=O)SCCCN(CC)CC. The average Bonchev–Trinajstić information content (AvgIpc) is 3.12. The maximum Gasteiger partial charge on any atom is 0.306 e. The maximum atomic E-state index is 13.1. The van der Waals surface area contributed by atoms with Gasteiger partial charge in [0.25, 0.3) is 5.24 Å². The number of thioether (sulfide) groups is 1. The first kappa shape index (κ1) is 48.2. The molecule has 7 nitrogen and oxygen atoms in total. The number of hydrogen-bond acceptors (Lipinski definition) is 7. The number of allylic oxidation sites excluding steroid dienone is 4. The molecular formula is C42H78N2O5S. The summed E-state index contributed by atoms with van der Waals surface area (Å²) in [7, 11) is 0. The van der Waals surface area contributed by atoms with Crippen LogP contribution in [0.3, 0.4) is 0 Å². The van der Waals surface area contributed by atoms with Gasteiger partial charge in [0.1, 0.15) is 0 Å². The first-order valence-electron chi connectivity index (χ1n) is 20.7. The normalized spacial score (nSPS) is 11.6. The average molecular weight is 723 g/mol. The summed E-state index contributed by atoms with van der Waals surface area (Å²) in [6.07, 6.45) is 32.1. The third-order valence-corrected chi connectivity index (χ3v) is 9.98. The van der Waals surface area contributed by atoms with Crippen LogP contribution in [0.5, 0.6) is 0 Å². The van der Waals surface area contributed by atoms with Gasteiger partial charge in [0, 0.05) is 31.7 Å². The smallest absolute Gasteiger partial charge is 0.306 e. The number of nitrogens with zero attached hydrogens (tertiary/aromatic N) is 2. The molecule has 0 N–H and O–H groups in total. The predicted octanol–water partition coefficient (Wildman–Crippen LogP) is 11.7. The van der Waals surface area contributed by atoms with Gasteiger partial charge in [-0.05, 0) is 103 Å². The lowest BCUT2D eigenvalue weighted by molar-refractivity contribution is -0.144. The topological polar surface area (TPSA) is 76.1 Å². The van der Waals surface area contributed by atoms with Crippen molar-refractivity contribution in [3.05, 3.63) is 24.3 Å². The fourth-order valence-corrected chi connectivity index (χ4v) is 6.47. The summed E-state index contributed by atoms with van der Waals surface area (Å²) < 4.78 is 10.9. The summed E-state index contributed by atoms with van der Waals surface area (Å²) in [5.74, 6) is 0.640. The number of rotatable bonds is 36. The highest BCUT2D eigenvalue weighted by Gasteiger charge is 2.14. The lowest BCUT2D eigenvalue weighted by Crippen LogP contribution is -2.30. The number of carbonyl (C=O) groups is 3. The second-order valence-corrected chi connectivity index (χ2v) is 14.5. The maximum absolute atomic E-state index is 13.1. The summed E-state index contributed by atoms with van der Waals surface area (Å²) in [6.45, 7) is 14.5. The number of hydrogen-bond donors (Lipinski definition) is 0. The molecule has 0 unspecified atom stereocenters. The van der Waals surface area contributed by atoms with E-state index in [1.807, 2.05) is 4.90 Å². The Balaban J connectivity index is 4.24. The van der Waals surface area contributed by atoms with Crippen LogP contribution in [0.2, 0.25) is 0 Å². The van der Waals surface area contributed by atoms with Crippen LogP contribution in [0.25, 0.3) is 0 Å². The molecule has 0 aliphatic heterocycles. The minimum Gasteiger partial charge on any atom is -0.466 e. The molecule has 0 fully saturated rings. The highest BCUT2D eigenvalue weighted by molar-refractivity contribution is 8.13. The van der Waals surface area contributed by atoms with Gasteiger partial charge in [-0.25, -0.2) is 0 Å². The number of esters is 2. The first-order valence-corrected chi connectivity index (χ1v) is 21.7. The summed E-state index contributed by atoms with van der Waals surface area (Å²) in [6, 6.07) is 0. The summed E-state index contributed by atoms with van der Waals surface area (Å²) in [5.41, 5.74) is 0. The lowest BCUT2D eigenvalue weighted by Gasteiger charge is -2.23. The summed E-state index contributed by atoms with van der Waals surface area (Å²) in [4.78, 5) is 41.6. The van der Waals surface area contributed by atoms with Crippen molar-refractivity contribution in [2.24, 2.45) is 0 Å². The second-order valence-electron chi connectivity index (χ2n) is 13.5. The van der Waals surface area contributed by atoms with E-state index in [1.54, 1.807) is 0 Å². The van der Waals surface area contributed by atoms with E-state index in [1.165, 1.54) is 63.1 Å². The van der Waals surface area contributed by atoms with E-state index in [0.29, 0.717) is 26.1 Å². The molecule has 292 valence electrons. The Morgan fingerprint density at radius 1 is 0.500 bits per heavy atom. The van der Waals surface area contributed by atoms with E-state index >= 15 is 0 Å². The van der Waals surface area contributed by atoms with Crippen molar-refractivity contribution < 1.29 is 23.9 Å². The quantitative estimate of drug-likeness (QED) is 0.0362. The van der Waals surface area contributed by atoms with Crippen LogP contribution < -0.4 is 0 Å². The van der Waals surface area contributed by atoms with Crippen molar-refractivity contribution in [1.29, 1.82) is 0 Å². The van der Waals surface area contributed by atoms with Crippen LogP contribution in [0.1, 0.15) is 175 Å². The van der Waals surface area contributed by atoms with Gasteiger partial charge in [-0.15, -0.1) is 0 Å². The zero-order valence-electron chi connectivity index (χ0n) is 33.1. The van der Waals surface area contributed by atoms with Gasteiger partial charge < -0.3 is 19.3 Å². The van der Waals surface area contributed by atoms with E-state index in [4.69, 9.17) is 9.47 Å². The molecule has 8 heteroatoms. The van der Waals surface area contributed by atoms with Crippen LogP contribution in [0.4, 0.5) is 4.79 Å². The van der Waals surface area contributed by atoms with Crippen molar-refractivity contribution in [2.75, 3.05) is 51.7 Å². The molecule has 0 saturated carbocycles. The number of unbranched alkanes of at least 4 members (excludes halogenated alkanes) is 14. The molecule has 0 saturated heterocycles. The minimum absolute atomic E-state index is 0.107. The molecule has 0 aromatic carbocycles. The fraction of sp³-hybridized carbons (Fsp3) is 0.833. The van der Waals surface area contributed by atoms with Crippen LogP contribution in [-0.2, 0) is 19.1 Å². The molecule has 0 rings (SSSR count). The van der Waals surface area contributed by atoms with Crippen LogP contribution >= 0.6 is 11.8 Å². The van der Waals surface area contributed by atoms with Gasteiger partial charge >= 0.3 is 11.9 Å². The van der Waals surface area contributed by atoms with Gasteiger partial charge in [-0.1, -0.05) is 115 Å². The Bertz CT molecular complexity index is 794. The van der Waals surface area contributed by atoms with E-state index in [2.05, 4.69) is 56.9 Å². The zero-order valence-corrected chi connectivity index (χ0v) is 33.9. The lowest BCUT2D eigenvalue weighted by atomic mass is 10.1. The van der Waals surface area contributed by atoms with Gasteiger partial charge in [0.15, 0.2) is 0 Å². The molecule has 0 aromatic rings. The predicted molar refractivity (Wildman–Crippen MR) is 215 cm³/mol. The van der Waals surface area contributed by atoms with Gasteiger partial charge in [0.05, 0.1) is 13.2 Å². The molecule has 50 heavy (non-hydrogen) atoms. The molecule has 1 amide bonds. The van der Waals surface area contributed by atoms with Crippen LogP contribution in [0, 0.1) is 0 Å². The molecule has 0 aromatic heterocycles. The zero-order chi connectivity index (χ0) is 36.8. The largest absolute Gasteiger partial charge is 0.466 e. The van der Waals surface area contributed by atoms with Gasteiger partial charge in [-0.2, -0.15) is 0 Å². The molecular weight excluding hydrogens is 645 g/mol. The standard InChI is InChI=1S/C42H78N2O5S/c1-5-9-11-13-15-17-19-25-32-40(45)48-37-29-23-21-27-35-44(42(47)50-39-31-34-43(7-3)8-4)36-28-22-24-30-38-49-41(46)33-26-20-18-16-14-12-10-6-2/h17-20H,5-16,21-39H2,1-4H3. The Hall–Kier alpha value is -1.80. The molecule has 0 spiro atoms. The monoisotopic (exact) mass is 723 g/mol. The molecule has 0 radical (unpaired) electrons. The number of carbonyl (C=O) groups excluding carboxylic acids is 3. The van der Waals surface area contributed by atoms with Crippen LogP contribution in [-0.4, -0.2) is 78.7 Å². The third-order valence-electron chi connectivity index (χ3n) is 8.98. The highest BCUT2D eigenvalue weighted by atomic mass is 32.2. The Kier molecular flexibility index (Phi) is 37.0. The van der Waals surface area contributed by atoms with Crippen LogP contribution in [0.15, 0.2) is 24.3 Å². The van der Waals surface area contributed by atoms with E-state index in [9.17, 15) is 14.4 Å². The Morgan fingerprint density at radius 2 is 0.940 bits per heavy atom. The first-order chi connectivity index (χ1) is 24.5. The molecule has 0 heterocycles. The Labute approximate surface area is 313 Å². The summed E-state index contributed by atoms with van der Waals surface area (Å²) in [5, 5.41) is 0.192. The van der Waals surface area contributed by atoms with Crippen molar-refractivity contribution in [1.82, 2.24) is 9.80 Å². The van der Waals surface area contributed by atoms with Crippen molar-refractivity contribution in [3.8, 4) is 0 Å². The van der Waals surface area contributed by atoms with Crippen molar-refractivity contribution in [3.63, 3.8) is 0 Å². The molecule has 0 bridgehead atoms. The fourth-order valence-electron chi connectivity index (χ4n) is 5.66. The van der Waals surface area contributed by atoms with Gasteiger partial charge in [0.2, 0.25) is 0 Å². The minimum atomic E-state index is -0.107. The van der Waals surface area contributed by atoms with E-state index in [0.717, 1.165) is 122 Å². The molecule has 0 atom stereocenters. The molecule has 0 aliphatic rings.